The van der Waals surface area contributed by atoms with Gasteiger partial charge in [0.05, 0.1) is 17.5 Å². The van der Waals surface area contributed by atoms with Gasteiger partial charge in [-0.15, -0.1) is 0 Å². The highest BCUT2D eigenvalue weighted by molar-refractivity contribution is 5.77. The summed E-state index contributed by atoms with van der Waals surface area (Å²) in [6.07, 6.45) is 0. The Hall–Kier alpha value is -2.46. The fraction of sp³-hybridized carbons (Fsp3) is 0.125. The molecular weight excluding hydrogens is 252 g/mol. The van der Waals surface area contributed by atoms with E-state index in [1.54, 1.807) is 6.07 Å². The number of fused-ring (bicyclic) bond motifs is 1. The van der Waals surface area contributed by atoms with Gasteiger partial charge in [-0.05, 0) is 17.7 Å². The Kier molecular flexibility index (Phi) is 3.56. The molecule has 2 aromatic carbocycles. The minimum absolute atomic E-state index is 0.131. The van der Waals surface area contributed by atoms with Crippen molar-refractivity contribution in [2.45, 2.75) is 13.2 Å². The normalized spacial score (nSPS) is 10.8. The van der Waals surface area contributed by atoms with E-state index in [-0.39, 0.29) is 12.2 Å². The molecule has 0 saturated heterocycles. The SMILES string of the molecule is O=c1[nH]c(COCc2ccccc2)nc2ccccc12. The average Bonchev–Trinajstić information content (AvgIpc) is 2.48. The highest BCUT2D eigenvalue weighted by Crippen LogP contribution is 2.07. The lowest BCUT2D eigenvalue weighted by molar-refractivity contribution is 0.102. The first-order chi connectivity index (χ1) is 9.83. The molecule has 3 rings (SSSR count). The van der Waals surface area contributed by atoms with Crippen molar-refractivity contribution >= 4 is 10.9 Å². The lowest BCUT2D eigenvalue weighted by Gasteiger charge is -2.05. The third-order valence-electron chi connectivity index (χ3n) is 3.01. The smallest absolute Gasteiger partial charge is 0.258 e. The van der Waals surface area contributed by atoms with Crippen molar-refractivity contribution < 1.29 is 4.74 Å². The highest BCUT2D eigenvalue weighted by Gasteiger charge is 2.03. The van der Waals surface area contributed by atoms with E-state index >= 15 is 0 Å². The standard InChI is InChI=1S/C16H14N2O2/c19-16-13-8-4-5-9-14(13)17-15(18-16)11-20-10-12-6-2-1-3-7-12/h1-9H,10-11H2,(H,17,18,19). The van der Waals surface area contributed by atoms with Crippen molar-refractivity contribution in [1.82, 2.24) is 9.97 Å². The first kappa shape index (κ1) is 12.6. The second-order valence-corrected chi connectivity index (χ2v) is 4.51. The van der Waals surface area contributed by atoms with E-state index < -0.39 is 0 Å². The van der Waals surface area contributed by atoms with Gasteiger partial charge in [0.25, 0.3) is 5.56 Å². The van der Waals surface area contributed by atoms with Gasteiger partial charge >= 0.3 is 0 Å². The molecule has 0 fully saturated rings. The summed E-state index contributed by atoms with van der Waals surface area (Å²) in [4.78, 5) is 19.0. The minimum Gasteiger partial charge on any atom is -0.369 e. The molecule has 0 aliphatic heterocycles. The van der Waals surface area contributed by atoms with Crippen LogP contribution >= 0.6 is 0 Å². The van der Waals surface area contributed by atoms with Gasteiger partial charge in [0.1, 0.15) is 12.4 Å². The van der Waals surface area contributed by atoms with E-state index in [2.05, 4.69) is 9.97 Å². The number of ether oxygens (including phenoxy) is 1. The molecule has 0 spiro atoms. The third kappa shape index (κ3) is 2.75. The number of benzene rings is 2. The quantitative estimate of drug-likeness (QED) is 0.789. The molecule has 1 aromatic heterocycles. The van der Waals surface area contributed by atoms with Gasteiger partial charge in [-0.25, -0.2) is 4.98 Å². The Balaban J connectivity index is 1.73. The number of rotatable bonds is 4. The van der Waals surface area contributed by atoms with Gasteiger partial charge in [-0.2, -0.15) is 0 Å². The number of nitrogens with one attached hydrogen (secondary N) is 1. The van der Waals surface area contributed by atoms with Gasteiger partial charge in [-0.1, -0.05) is 42.5 Å². The molecule has 0 unspecified atom stereocenters. The van der Waals surface area contributed by atoms with E-state index in [0.717, 1.165) is 5.56 Å². The first-order valence-electron chi connectivity index (χ1n) is 6.42. The van der Waals surface area contributed by atoms with Crippen molar-refractivity contribution in [1.29, 1.82) is 0 Å². The van der Waals surface area contributed by atoms with Crippen LogP contribution in [0.3, 0.4) is 0 Å². The zero-order valence-electron chi connectivity index (χ0n) is 10.9. The van der Waals surface area contributed by atoms with Crippen LogP contribution in [0.1, 0.15) is 11.4 Å². The fourth-order valence-electron chi connectivity index (χ4n) is 2.04. The van der Waals surface area contributed by atoms with Crippen molar-refractivity contribution in [3.8, 4) is 0 Å². The zero-order valence-corrected chi connectivity index (χ0v) is 10.9. The topological polar surface area (TPSA) is 55.0 Å². The Morgan fingerprint density at radius 3 is 2.55 bits per heavy atom. The van der Waals surface area contributed by atoms with Crippen LogP contribution in [0.5, 0.6) is 0 Å². The van der Waals surface area contributed by atoms with E-state index in [9.17, 15) is 4.79 Å². The summed E-state index contributed by atoms with van der Waals surface area (Å²) in [5.41, 5.74) is 1.65. The highest BCUT2D eigenvalue weighted by atomic mass is 16.5. The van der Waals surface area contributed by atoms with Crippen LogP contribution in [0.15, 0.2) is 59.4 Å². The Morgan fingerprint density at radius 2 is 1.70 bits per heavy atom. The summed E-state index contributed by atoms with van der Waals surface area (Å²) in [7, 11) is 0. The van der Waals surface area contributed by atoms with E-state index in [1.807, 2.05) is 48.5 Å². The summed E-state index contributed by atoms with van der Waals surface area (Å²) in [5.74, 6) is 0.546. The molecule has 20 heavy (non-hydrogen) atoms. The second kappa shape index (κ2) is 5.67. The number of para-hydroxylation sites is 1. The van der Waals surface area contributed by atoms with E-state index in [4.69, 9.17) is 4.74 Å². The number of hydrogen-bond donors (Lipinski definition) is 1. The van der Waals surface area contributed by atoms with Crippen molar-refractivity contribution in [2.75, 3.05) is 0 Å². The Labute approximate surface area is 116 Å². The molecule has 0 saturated carbocycles. The molecule has 0 aliphatic rings. The maximum Gasteiger partial charge on any atom is 0.258 e. The summed E-state index contributed by atoms with van der Waals surface area (Å²) in [5, 5.41) is 0.597. The van der Waals surface area contributed by atoms with Crippen LogP contribution < -0.4 is 5.56 Å². The lowest BCUT2D eigenvalue weighted by atomic mass is 10.2. The number of nitrogens with zero attached hydrogens (tertiary/aromatic N) is 1. The molecule has 0 amide bonds. The third-order valence-corrected chi connectivity index (χ3v) is 3.01. The van der Waals surface area contributed by atoms with Gasteiger partial charge in [-0.3, -0.25) is 4.79 Å². The molecule has 4 nitrogen and oxygen atoms in total. The fourth-order valence-corrected chi connectivity index (χ4v) is 2.04. The van der Waals surface area contributed by atoms with Gasteiger partial charge in [0.2, 0.25) is 0 Å². The molecular formula is C16H14N2O2. The van der Waals surface area contributed by atoms with Gasteiger partial charge in [0.15, 0.2) is 0 Å². The predicted octanol–water partition coefficient (Wildman–Crippen LogP) is 2.64. The molecule has 0 aliphatic carbocycles. The zero-order chi connectivity index (χ0) is 13.8. The number of H-pyrrole nitrogens is 1. The molecule has 4 heteroatoms. The Morgan fingerprint density at radius 1 is 0.950 bits per heavy atom. The maximum atomic E-state index is 11.9. The van der Waals surface area contributed by atoms with Gasteiger partial charge < -0.3 is 9.72 Å². The predicted molar refractivity (Wildman–Crippen MR) is 77.3 cm³/mol. The number of hydrogen-bond acceptors (Lipinski definition) is 3. The summed E-state index contributed by atoms with van der Waals surface area (Å²) < 4.78 is 5.58. The monoisotopic (exact) mass is 266 g/mol. The molecule has 0 bridgehead atoms. The van der Waals surface area contributed by atoms with E-state index in [0.29, 0.717) is 23.3 Å². The van der Waals surface area contributed by atoms with Crippen LogP contribution in [0.25, 0.3) is 10.9 Å². The molecule has 1 heterocycles. The van der Waals surface area contributed by atoms with Crippen molar-refractivity contribution in [3.05, 3.63) is 76.3 Å². The molecule has 100 valence electrons. The molecule has 0 radical (unpaired) electrons. The minimum atomic E-state index is -0.131. The summed E-state index contributed by atoms with van der Waals surface area (Å²) >= 11 is 0. The molecule has 0 atom stereocenters. The number of aromatic nitrogens is 2. The maximum absolute atomic E-state index is 11.9. The summed E-state index contributed by atoms with van der Waals surface area (Å²) in [6.45, 7) is 0.784. The van der Waals surface area contributed by atoms with Crippen molar-refractivity contribution in [2.24, 2.45) is 0 Å². The summed E-state index contributed by atoms with van der Waals surface area (Å²) in [6, 6.07) is 17.2. The van der Waals surface area contributed by atoms with Crippen LogP contribution in [-0.4, -0.2) is 9.97 Å². The van der Waals surface area contributed by atoms with Crippen LogP contribution in [0.2, 0.25) is 0 Å². The van der Waals surface area contributed by atoms with Gasteiger partial charge in [0, 0.05) is 0 Å². The van der Waals surface area contributed by atoms with Crippen LogP contribution in [0.4, 0.5) is 0 Å². The molecule has 3 aromatic rings. The second-order valence-electron chi connectivity index (χ2n) is 4.51. The average molecular weight is 266 g/mol. The first-order valence-corrected chi connectivity index (χ1v) is 6.42. The van der Waals surface area contributed by atoms with Crippen LogP contribution in [-0.2, 0) is 18.0 Å². The van der Waals surface area contributed by atoms with E-state index in [1.165, 1.54) is 0 Å². The molecule has 1 N–H and O–H groups in total. The lowest BCUT2D eigenvalue weighted by Crippen LogP contribution is -2.12. The number of aromatic amines is 1. The Bertz CT molecular complexity index is 766. The largest absolute Gasteiger partial charge is 0.369 e. The van der Waals surface area contributed by atoms with Crippen LogP contribution in [0, 0.1) is 0 Å². The van der Waals surface area contributed by atoms with Crippen molar-refractivity contribution in [3.63, 3.8) is 0 Å².